The Labute approximate surface area is 192 Å². The Hall–Kier alpha value is -3.05. The van der Waals surface area contributed by atoms with Crippen molar-refractivity contribution in [3.05, 3.63) is 55.7 Å². The number of hydrogen-bond donors (Lipinski definition) is 1. The van der Waals surface area contributed by atoms with Gasteiger partial charge in [0.2, 0.25) is 5.91 Å². The van der Waals surface area contributed by atoms with Crippen molar-refractivity contribution in [1.29, 1.82) is 0 Å². The number of carbonyl (C=O) groups is 2. The molecule has 0 saturated carbocycles. The monoisotopic (exact) mass is 479 g/mol. The summed E-state index contributed by atoms with van der Waals surface area (Å²) in [5.41, 5.74) is 0.351. The number of esters is 1. The zero-order valence-electron chi connectivity index (χ0n) is 17.8. The van der Waals surface area contributed by atoms with Gasteiger partial charge in [-0.05, 0) is 24.6 Å². The minimum Gasteiger partial charge on any atom is -0.465 e. The number of aromatic nitrogens is 4. The number of ether oxygens (including phenoxy) is 1. The molecular formula is C20H22ClN5O5S. The second-order valence-electron chi connectivity index (χ2n) is 6.86. The van der Waals surface area contributed by atoms with Gasteiger partial charge in [-0.15, -0.1) is 0 Å². The van der Waals surface area contributed by atoms with Crippen molar-refractivity contribution in [2.45, 2.75) is 18.6 Å². The smallest absolute Gasteiger partial charge is 0.332 e. The van der Waals surface area contributed by atoms with Gasteiger partial charge in [0.1, 0.15) is 6.54 Å². The first kappa shape index (κ1) is 23.6. The SMILES string of the molecule is CCOC(=O)CNC(=O)CSc1nc2c(c(=O)n(C)c(=O)n2C)n1Cc1ccc(Cl)cc1. The first-order valence-corrected chi connectivity index (χ1v) is 11.0. The first-order valence-electron chi connectivity index (χ1n) is 9.68. The van der Waals surface area contributed by atoms with E-state index in [9.17, 15) is 19.2 Å². The van der Waals surface area contributed by atoms with E-state index in [0.29, 0.717) is 10.2 Å². The number of aryl methyl sites for hydroxylation is 1. The van der Waals surface area contributed by atoms with Crippen LogP contribution in [0.5, 0.6) is 0 Å². The number of hydrogen-bond acceptors (Lipinski definition) is 7. The van der Waals surface area contributed by atoms with E-state index in [4.69, 9.17) is 16.3 Å². The fourth-order valence-electron chi connectivity index (χ4n) is 3.02. The number of carbonyl (C=O) groups excluding carboxylic acids is 2. The molecule has 0 unspecified atom stereocenters. The number of fused-ring (bicyclic) bond motifs is 1. The molecule has 0 saturated heterocycles. The molecule has 2 aromatic heterocycles. The minimum absolute atomic E-state index is 0.0440. The molecule has 1 aromatic carbocycles. The number of nitrogens with zero attached hydrogens (tertiary/aromatic N) is 4. The average molecular weight is 480 g/mol. The molecule has 2 heterocycles. The Bertz CT molecular complexity index is 1280. The normalized spacial score (nSPS) is 11.0. The third kappa shape index (κ3) is 5.05. The van der Waals surface area contributed by atoms with Crippen LogP contribution < -0.4 is 16.6 Å². The average Bonchev–Trinajstić information content (AvgIpc) is 3.13. The summed E-state index contributed by atoms with van der Waals surface area (Å²) in [6.07, 6.45) is 0. The summed E-state index contributed by atoms with van der Waals surface area (Å²) in [7, 11) is 2.93. The number of nitrogens with one attached hydrogen (secondary N) is 1. The minimum atomic E-state index is -0.528. The van der Waals surface area contributed by atoms with Gasteiger partial charge in [-0.1, -0.05) is 35.5 Å². The molecule has 3 aromatic rings. The lowest BCUT2D eigenvalue weighted by Gasteiger charge is -2.10. The van der Waals surface area contributed by atoms with Gasteiger partial charge in [-0.25, -0.2) is 9.78 Å². The summed E-state index contributed by atoms with van der Waals surface area (Å²) >= 11 is 7.06. The van der Waals surface area contributed by atoms with Crippen molar-refractivity contribution < 1.29 is 14.3 Å². The predicted octanol–water partition coefficient (Wildman–Crippen LogP) is 0.907. The molecule has 0 aliphatic heterocycles. The summed E-state index contributed by atoms with van der Waals surface area (Å²) in [4.78, 5) is 53.3. The molecule has 0 aliphatic carbocycles. The Balaban J connectivity index is 1.95. The molecule has 1 N–H and O–H groups in total. The maximum absolute atomic E-state index is 12.9. The number of thioether (sulfide) groups is 1. The second kappa shape index (κ2) is 10.0. The van der Waals surface area contributed by atoms with Crippen LogP contribution in [-0.4, -0.2) is 49.5 Å². The second-order valence-corrected chi connectivity index (χ2v) is 8.23. The van der Waals surface area contributed by atoms with Gasteiger partial charge in [0.15, 0.2) is 16.3 Å². The van der Waals surface area contributed by atoms with Gasteiger partial charge >= 0.3 is 11.7 Å². The highest BCUT2D eigenvalue weighted by Gasteiger charge is 2.20. The van der Waals surface area contributed by atoms with Crippen LogP contribution in [0, 0.1) is 0 Å². The van der Waals surface area contributed by atoms with Gasteiger partial charge in [0.25, 0.3) is 5.56 Å². The highest BCUT2D eigenvalue weighted by molar-refractivity contribution is 7.99. The van der Waals surface area contributed by atoms with E-state index in [-0.39, 0.29) is 36.6 Å². The van der Waals surface area contributed by atoms with Crippen LogP contribution in [0.4, 0.5) is 0 Å². The van der Waals surface area contributed by atoms with Crippen molar-refractivity contribution >= 4 is 46.4 Å². The van der Waals surface area contributed by atoms with E-state index in [2.05, 4.69) is 10.3 Å². The van der Waals surface area contributed by atoms with Crippen LogP contribution in [0.3, 0.4) is 0 Å². The molecule has 12 heteroatoms. The fraction of sp³-hybridized carbons (Fsp3) is 0.350. The van der Waals surface area contributed by atoms with Crippen molar-refractivity contribution in [3.63, 3.8) is 0 Å². The van der Waals surface area contributed by atoms with E-state index in [1.165, 1.54) is 18.7 Å². The maximum Gasteiger partial charge on any atom is 0.332 e. The number of rotatable bonds is 8. The quantitative estimate of drug-likeness (QED) is 0.377. The van der Waals surface area contributed by atoms with Crippen molar-refractivity contribution in [1.82, 2.24) is 24.0 Å². The summed E-state index contributed by atoms with van der Waals surface area (Å²) in [6, 6.07) is 7.11. The Morgan fingerprint density at radius 2 is 1.84 bits per heavy atom. The molecule has 0 spiro atoms. The highest BCUT2D eigenvalue weighted by Crippen LogP contribution is 2.23. The lowest BCUT2D eigenvalue weighted by Crippen LogP contribution is -2.37. The van der Waals surface area contributed by atoms with Gasteiger partial charge in [-0.2, -0.15) is 0 Å². The summed E-state index contributed by atoms with van der Waals surface area (Å²) in [5, 5.41) is 3.45. The molecule has 1 amide bonds. The van der Waals surface area contributed by atoms with E-state index < -0.39 is 23.1 Å². The van der Waals surface area contributed by atoms with E-state index in [1.54, 1.807) is 23.6 Å². The Morgan fingerprint density at radius 1 is 1.16 bits per heavy atom. The van der Waals surface area contributed by atoms with Crippen LogP contribution in [-0.2, 0) is 35.0 Å². The van der Waals surface area contributed by atoms with Crippen LogP contribution in [0.2, 0.25) is 5.02 Å². The number of benzene rings is 1. The zero-order valence-corrected chi connectivity index (χ0v) is 19.3. The van der Waals surface area contributed by atoms with Gasteiger partial charge in [0, 0.05) is 19.1 Å². The summed E-state index contributed by atoms with van der Waals surface area (Å²) in [6.45, 7) is 1.96. The molecule has 0 bridgehead atoms. The van der Waals surface area contributed by atoms with Gasteiger partial charge in [-0.3, -0.25) is 23.5 Å². The number of amides is 1. The predicted molar refractivity (Wildman–Crippen MR) is 121 cm³/mol. The third-order valence-corrected chi connectivity index (χ3v) is 5.86. The lowest BCUT2D eigenvalue weighted by atomic mass is 10.2. The maximum atomic E-state index is 12.9. The topological polar surface area (TPSA) is 117 Å². The standard InChI is InChI=1S/C20H22ClN5O5S/c1-4-31-15(28)9-22-14(27)11-32-19-23-17-16(18(29)25(3)20(30)24(17)2)26(19)10-12-5-7-13(21)8-6-12/h5-8H,4,9-11H2,1-3H3,(H,22,27). The first-order chi connectivity index (χ1) is 15.2. The zero-order chi connectivity index (χ0) is 23.4. The number of halogens is 1. The Morgan fingerprint density at radius 3 is 2.50 bits per heavy atom. The van der Waals surface area contributed by atoms with E-state index in [0.717, 1.165) is 21.9 Å². The van der Waals surface area contributed by atoms with Crippen molar-refractivity contribution in [2.24, 2.45) is 14.1 Å². The molecule has 32 heavy (non-hydrogen) atoms. The van der Waals surface area contributed by atoms with Crippen LogP contribution in [0.15, 0.2) is 39.0 Å². The van der Waals surface area contributed by atoms with E-state index >= 15 is 0 Å². The highest BCUT2D eigenvalue weighted by atomic mass is 35.5. The molecule has 170 valence electrons. The number of imidazole rings is 1. The van der Waals surface area contributed by atoms with Gasteiger partial charge in [0.05, 0.1) is 18.9 Å². The largest absolute Gasteiger partial charge is 0.465 e. The lowest BCUT2D eigenvalue weighted by molar-refractivity contribution is -0.143. The van der Waals surface area contributed by atoms with Crippen LogP contribution in [0.1, 0.15) is 12.5 Å². The van der Waals surface area contributed by atoms with E-state index in [1.807, 2.05) is 12.1 Å². The molecule has 0 fully saturated rings. The summed E-state index contributed by atoms with van der Waals surface area (Å²) in [5.74, 6) is -0.966. The van der Waals surface area contributed by atoms with Crippen molar-refractivity contribution in [3.8, 4) is 0 Å². The molecule has 0 radical (unpaired) electrons. The Kier molecular flexibility index (Phi) is 7.41. The molecule has 10 nitrogen and oxygen atoms in total. The fourth-order valence-corrected chi connectivity index (χ4v) is 3.97. The summed E-state index contributed by atoms with van der Waals surface area (Å²) < 4.78 is 8.76. The van der Waals surface area contributed by atoms with Crippen molar-refractivity contribution in [2.75, 3.05) is 18.9 Å². The third-order valence-electron chi connectivity index (χ3n) is 4.63. The molecule has 0 aliphatic rings. The van der Waals surface area contributed by atoms with Crippen LogP contribution in [0.25, 0.3) is 11.2 Å². The van der Waals surface area contributed by atoms with Gasteiger partial charge < -0.3 is 14.6 Å². The van der Waals surface area contributed by atoms with Crippen LogP contribution >= 0.6 is 23.4 Å². The molecule has 0 atom stereocenters. The molecule has 3 rings (SSSR count). The molecular weight excluding hydrogens is 458 g/mol.